The maximum Gasteiger partial charge on any atom is 0.356 e. The molecule has 1 aromatic heterocycles. The number of hydrazone groups is 1. The number of aryl methyl sites for hydroxylation is 2. The van der Waals surface area contributed by atoms with E-state index in [2.05, 4.69) is 15.5 Å². The number of anilines is 1. The summed E-state index contributed by atoms with van der Waals surface area (Å²) in [5.41, 5.74) is 5.41. The summed E-state index contributed by atoms with van der Waals surface area (Å²) in [6.07, 6.45) is 1.58. The molecule has 0 aliphatic heterocycles. The second-order valence-corrected chi connectivity index (χ2v) is 5.90. The highest BCUT2D eigenvalue weighted by Crippen LogP contribution is 2.36. The SMILES string of the molecule is Cc1ccc(/C=N\Nc2c(Cl)c(Cl)nc(C(=O)O)c2Cl)c(C)c1. The van der Waals surface area contributed by atoms with Crippen LogP contribution in [0.2, 0.25) is 15.2 Å². The molecule has 0 fully saturated rings. The van der Waals surface area contributed by atoms with E-state index in [1.165, 1.54) is 0 Å². The number of benzene rings is 1. The number of carbonyl (C=O) groups is 1. The summed E-state index contributed by atoms with van der Waals surface area (Å²) in [5.74, 6) is -1.31. The minimum absolute atomic E-state index is 0.000514. The number of carboxylic acids is 1. The summed E-state index contributed by atoms with van der Waals surface area (Å²) in [7, 11) is 0. The number of hydrogen-bond acceptors (Lipinski definition) is 4. The molecular formula is C15H12Cl3N3O2. The van der Waals surface area contributed by atoms with E-state index in [0.29, 0.717) is 0 Å². The molecule has 8 heteroatoms. The topological polar surface area (TPSA) is 74.6 Å². The third-order valence-corrected chi connectivity index (χ3v) is 4.15. The average Bonchev–Trinajstić information content (AvgIpc) is 2.48. The number of rotatable bonds is 4. The number of aromatic carboxylic acids is 1. The predicted molar refractivity (Wildman–Crippen MR) is 93.4 cm³/mol. The third kappa shape index (κ3) is 3.93. The summed E-state index contributed by atoms with van der Waals surface area (Å²) in [4.78, 5) is 14.7. The van der Waals surface area contributed by atoms with E-state index in [1.54, 1.807) is 6.21 Å². The number of carboxylic acid groups (broad SMARTS) is 1. The predicted octanol–water partition coefficient (Wildman–Crippen LogP) is 4.80. The number of halogens is 3. The molecule has 0 spiro atoms. The van der Waals surface area contributed by atoms with Crippen molar-refractivity contribution in [3.05, 3.63) is 55.8 Å². The van der Waals surface area contributed by atoms with Gasteiger partial charge in [0.25, 0.3) is 0 Å². The highest BCUT2D eigenvalue weighted by molar-refractivity contribution is 6.46. The maximum atomic E-state index is 11.1. The zero-order chi connectivity index (χ0) is 17.1. The van der Waals surface area contributed by atoms with Crippen LogP contribution in [0, 0.1) is 13.8 Å². The first-order valence-corrected chi connectivity index (χ1v) is 7.58. The van der Waals surface area contributed by atoms with Gasteiger partial charge in [0.15, 0.2) is 10.8 Å². The fourth-order valence-corrected chi connectivity index (χ4v) is 2.56. The number of nitrogens with one attached hydrogen (secondary N) is 1. The van der Waals surface area contributed by atoms with Gasteiger partial charge in [-0.25, -0.2) is 9.78 Å². The molecule has 1 aromatic carbocycles. The van der Waals surface area contributed by atoms with Crippen molar-refractivity contribution in [1.29, 1.82) is 0 Å². The Balaban J connectivity index is 2.33. The van der Waals surface area contributed by atoms with Crippen molar-refractivity contribution >= 4 is 52.7 Å². The Labute approximate surface area is 147 Å². The molecule has 5 nitrogen and oxygen atoms in total. The van der Waals surface area contributed by atoms with E-state index in [4.69, 9.17) is 39.9 Å². The molecule has 0 bridgehead atoms. The van der Waals surface area contributed by atoms with Gasteiger partial charge in [-0.3, -0.25) is 5.43 Å². The van der Waals surface area contributed by atoms with Crippen LogP contribution in [0.5, 0.6) is 0 Å². The molecule has 1 heterocycles. The van der Waals surface area contributed by atoms with Crippen LogP contribution < -0.4 is 5.43 Å². The molecule has 0 atom stereocenters. The van der Waals surface area contributed by atoms with Gasteiger partial charge in [-0.2, -0.15) is 5.10 Å². The van der Waals surface area contributed by atoms with Gasteiger partial charge in [-0.15, -0.1) is 0 Å². The molecule has 0 radical (unpaired) electrons. The van der Waals surface area contributed by atoms with Gasteiger partial charge in [0, 0.05) is 0 Å². The maximum absolute atomic E-state index is 11.1. The number of aromatic nitrogens is 1. The van der Waals surface area contributed by atoms with Gasteiger partial charge in [0.2, 0.25) is 0 Å². The second kappa shape index (κ2) is 7.17. The summed E-state index contributed by atoms with van der Waals surface area (Å²) in [6, 6.07) is 5.90. The lowest BCUT2D eigenvalue weighted by Gasteiger charge is -2.09. The van der Waals surface area contributed by atoms with Crippen LogP contribution in [-0.4, -0.2) is 22.3 Å². The van der Waals surface area contributed by atoms with Crippen molar-refractivity contribution in [2.24, 2.45) is 5.10 Å². The first-order valence-electron chi connectivity index (χ1n) is 6.45. The number of hydrogen-bond donors (Lipinski definition) is 2. The first-order chi connectivity index (χ1) is 10.8. The molecular weight excluding hydrogens is 361 g/mol. The Morgan fingerprint density at radius 3 is 2.57 bits per heavy atom. The van der Waals surface area contributed by atoms with Crippen molar-refractivity contribution in [3.8, 4) is 0 Å². The van der Waals surface area contributed by atoms with Crippen LogP contribution in [-0.2, 0) is 0 Å². The van der Waals surface area contributed by atoms with E-state index in [9.17, 15) is 4.79 Å². The standard InChI is InChI=1S/C15H12Cl3N3O2/c1-7-3-4-9(8(2)5-7)6-19-21-12-10(16)13(15(22)23)20-14(18)11(12)17/h3-6H,1-2H3,(H,20,21)(H,22,23)/b19-6-. The Bertz CT molecular complexity index is 807. The molecule has 23 heavy (non-hydrogen) atoms. The lowest BCUT2D eigenvalue weighted by Crippen LogP contribution is -2.05. The normalized spacial score (nSPS) is 11.0. The van der Waals surface area contributed by atoms with Gasteiger partial charge in [0.05, 0.1) is 11.9 Å². The minimum Gasteiger partial charge on any atom is -0.476 e. The smallest absolute Gasteiger partial charge is 0.356 e. The van der Waals surface area contributed by atoms with E-state index in [-0.39, 0.29) is 20.9 Å². The van der Waals surface area contributed by atoms with E-state index in [1.807, 2.05) is 32.0 Å². The molecule has 0 amide bonds. The summed E-state index contributed by atoms with van der Waals surface area (Å²) < 4.78 is 0. The van der Waals surface area contributed by atoms with Crippen LogP contribution in [0.3, 0.4) is 0 Å². The van der Waals surface area contributed by atoms with Gasteiger partial charge in [0.1, 0.15) is 10.0 Å². The molecule has 2 aromatic rings. The van der Waals surface area contributed by atoms with Crippen LogP contribution in [0.25, 0.3) is 0 Å². The summed E-state index contributed by atoms with van der Waals surface area (Å²) >= 11 is 17.8. The Morgan fingerprint density at radius 1 is 1.26 bits per heavy atom. The van der Waals surface area contributed by atoms with Crippen LogP contribution in [0.1, 0.15) is 27.2 Å². The van der Waals surface area contributed by atoms with Gasteiger partial charge in [-0.1, -0.05) is 58.6 Å². The molecule has 0 saturated carbocycles. The monoisotopic (exact) mass is 371 g/mol. The van der Waals surface area contributed by atoms with Gasteiger partial charge in [-0.05, 0) is 25.0 Å². The van der Waals surface area contributed by atoms with Crippen molar-refractivity contribution in [1.82, 2.24) is 4.98 Å². The highest BCUT2D eigenvalue weighted by atomic mass is 35.5. The molecule has 2 rings (SSSR count). The largest absolute Gasteiger partial charge is 0.476 e. The third-order valence-electron chi connectivity index (χ3n) is 3.05. The highest BCUT2D eigenvalue weighted by Gasteiger charge is 2.20. The summed E-state index contributed by atoms with van der Waals surface area (Å²) in [6.45, 7) is 3.96. The van der Waals surface area contributed by atoms with Crippen molar-refractivity contribution in [2.75, 3.05) is 5.43 Å². The fourth-order valence-electron chi connectivity index (χ4n) is 1.89. The fraction of sp³-hybridized carbons (Fsp3) is 0.133. The van der Waals surface area contributed by atoms with Crippen molar-refractivity contribution in [3.63, 3.8) is 0 Å². The molecule has 120 valence electrons. The quantitative estimate of drug-likeness (QED) is 0.459. The van der Waals surface area contributed by atoms with E-state index in [0.717, 1.165) is 16.7 Å². The number of pyridine rings is 1. The Kier molecular flexibility index (Phi) is 5.46. The van der Waals surface area contributed by atoms with E-state index < -0.39 is 11.7 Å². The lowest BCUT2D eigenvalue weighted by molar-refractivity contribution is 0.0691. The zero-order valence-electron chi connectivity index (χ0n) is 12.2. The molecule has 2 N–H and O–H groups in total. The van der Waals surface area contributed by atoms with Crippen molar-refractivity contribution in [2.45, 2.75) is 13.8 Å². The first kappa shape index (κ1) is 17.5. The molecule has 0 aliphatic carbocycles. The van der Waals surface area contributed by atoms with Gasteiger partial charge < -0.3 is 5.11 Å². The molecule has 0 saturated heterocycles. The average molecular weight is 373 g/mol. The van der Waals surface area contributed by atoms with E-state index >= 15 is 0 Å². The van der Waals surface area contributed by atoms with Crippen LogP contribution in [0.15, 0.2) is 23.3 Å². The Hall–Kier alpha value is -1.82. The van der Waals surface area contributed by atoms with Crippen LogP contribution in [0.4, 0.5) is 5.69 Å². The summed E-state index contributed by atoms with van der Waals surface area (Å²) in [5, 5.41) is 12.8. The molecule has 0 aliphatic rings. The van der Waals surface area contributed by atoms with Crippen molar-refractivity contribution < 1.29 is 9.90 Å². The lowest BCUT2D eigenvalue weighted by atomic mass is 10.1. The number of nitrogens with zero attached hydrogens (tertiary/aromatic N) is 2. The van der Waals surface area contributed by atoms with Gasteiger partial charge >= 0.3 is 5.97 Å². The second-order valence-electron chi connectivity index (χ2n) is 4.79. The minimum atomic E-state index is -1.31. The Morgan fingerprint density at radius 2 is 1.96 bits per heavy atom. The van der Waals surface area contributed by atoms with Crippen LogP contribution >= 0.6 is 34.8 Å². The zero-order valence-corrected chi connectivity index (χ0v) is 14.5. The molecule has 0 unspecified atom stereocenters.